The smallest absolute Gasteiger partial charge is 0.191 e. The van der Waals surface area contributed by atoms with Gasteiger partial charge in [-0.25, -0.2) is 0 Å². The molecule has 3 heterocycles. The molecule has 154 valence electrons. The van der Waals surface area contributed by atoms with E-state index in [1.54, 1.807) is 23.1 Å². The molecule has 5 aromatic rings. The summed E-state index contributed by atoms with van der Waals surface area (Å²) in [6.45, 7) is 0.869. The molecule has 0 N–H and O–H groups in total. The fourth-order valence-electron chi connectivity index (χ4n) is 3.66. The number of nitrogens with zero attached hydrogens (tertiary/aromatic N) is 4. The van der Waals surface area contributed by atoms with Crippen LogP contribution in [0.15, 0.2) is 89.5 Å². The molecular formula is C25H22N4S2. The van der Waals surface area contributed by atoms with Crippen molar-refractivity contribution < 1.29 is 0 Å². The molecule has 5 rings (SSSR count). The Bertz CT molecular complexity index is 1260. The van der Waals surface area contributed by atoms with E-state index in [-0.39, 0.29) is 0 Å². The standard InChI is InChI=1S/C25H22N4S2/c1-2-7-19(8-3-1)13-15-29-23(17-22-12-6-16-30-22)27-28-25(29)31-18-21-10-4-9-20-11-5-14-26-24(20)21/h1-12,14,16H,13,15,17-18H2. The van der Waals surface area contributed by atoms with Crippen LogP contribution in [-0.2, 0) is 25.1 Å². The largest absolute Gasteiger partial charge is 0.305 e. The number of pyridine rings is 1. The summed E-state index contributed by atoms with van der Waals surface area (Å²) in [6.07, 6.45) is 3.63. The maximum absolute atomic E-state index is 4.59. The number of hydrogen-bond acceptors (Lipinski definition) is 5. The fourth-order valence-corrected chi connectivity index (χ4v) is 5.33. The first kappa shape index (κ1) is 20.0. The lowest BCUT2D eigenvalue weighted by Crippen LogP contribution is -2.08. The summed E-state index contributed by atoms with van der Waals surface area (Å²) in [5.41, 5.74) is 3.61. The highest BCUT2D eigenvalue weighted by molar-refractivity contribution is 7.98. The molecule has 6 heteroatoms. The lowest BCUT2D eigenvalue weighted by atomic mass is 10.1. The van der Waals surface area contributed by atoms with Gasteiger partial charge in [-0.15, -0.1) is 21.5 Å². The van der Waals surface area contributed by atoms with Gasteiger partial charge in [0.2, 0.25) is 0 Å². The Kier molecular flexibility index (Phi) is 6.09. The molecule has 0 aliphatic rings. The normalized spacial score (nSPS) is 11.2. The van der Waals surface area contributed by atoms with Crippen molar-refractivity contribution in [1.82, 2.24) is 19.7 Å². The van der Waals surface area contributed by atoms with E-state index >= 15 is 0 Å². The molecule has 0 fully saturated rings. The van der Waals surface area contributed by atoms with Crippen molar-refractivity contribution in [2.45, 2.75) is 30.3 Å². The summed E-state index contributed by atoms with van der Waals surface area (Å²) in [5, 5.41) is 13.4. The zero-order chi connectivity index (χ0) is 20.9. The van der Waals surface area contributed by atoms with Crippen LogP contribution in [-0.4, -0.2) is 19.7 Å². The maximum atomic E-state index is 4.59. The van der Waals surface area contributed by atoms with Crippen LogP contribution in [0.1, 0.15) is 21.8 Å². The van der Waals surface area contributed by atoms with Crippen LogP contribution in [0.2, 0.25) is 0 Å². The molecule has 0 bridgehead atoms. The van der Waals surface area contributed by atoms with E-state index in [0.29, 0.717) is 0 Å². The minimum absolute atomic E-state index is 0.815. The molecule has 0 aliphatic carbocycles. The van der Waals surface area contributed by atoms with Crippen LogP contribution in [0.5, 0.6) is 0 Å². The minimum Gasteiger partial charge on any atom is -0.305 e. The lowest BCUT2D eigenvalue weighted by molar-refractivity contribution is 0.610. The number of benzene rings is 2. The average Bonchev–Trinajstić information content (AvgIpc) is 3.47. The van der Waals surface area contributed by atoms with Gasteiger partial charge in [0.15, 0.2) is 5.16 Å². The second kappa shape index (κ2) is 9.45. The van der Waals surface area contributed by atoms with Crippen molar-refractivity contribution in [2.24, 2.45) is 0 Å². The Morgan fingerprint density at radius 1 is 0.871 bits per heavy atom. The van der Waals surface area contributed by atoms with Gasteiger partial charge >= 0.3 is 0 Å². The van der Waals surface area contributed by atoms with Gasteiger partial charge in [0.1, 0.15) is 5.82 Å². The van der Waals surface area contributed by atoms with Crippen LogP contribution < -0.4 is 0 Å². The lowest BCUT2D eigenvalue weighted by Gasteiger charge is -2.11. The Morgan fingerprint density at radius 3 is 2.65 bits per heavy atom. The van der Waals surface area contributed by atoms with Crippen LogP contribution in [0, 0.1) is 0 Å². The number of thiophene rings is 1. The van der Waals surface area contributed by atoms with Gasteiger partial charge in [0.25, 0.3) is 0 Å². The van der Waals surface area contributed by atoms with E-state index < -0.39 is 0 Å². The molecule has 0 amide bonds. The van der Waals surface area contributed by atoms with Gasteiger partial charge in [-0.3, -0.25) is 4.98 Å². The Balaban J connectivity index is 1.39. The van der Waals surface area contributed by atoms with Crippen molar-refractivity contribution in [2.75, 3.05) is 0 Å². The zero-order valence-corrected chi connectivity index (χ0v) is 18.6. The molecule has 2 aromatic carbocycles. The highest BCUT2D eigenvalue weighted by atomic mass is 32.2. The predicted octanol–water partition coefficient (Wildman–Crippen LogP) is 6.01. The SMILES string of the molecule is c1ccc(CCn2c(Cc3cccs3)nnc2SCc2cccc3cccnc23)cc1. The van der Waals surface area contributed by atoms with E-state index in [0.717, 1.165) is 41.6 Å². The van der Waals surface area contributed by atoms with Crippen molar-refractivity contribution in [3.63, 3.8) is 0 Å². The second-order valence-electron chi connectivity index (χ2n) is 7.32. The van der Waals surface area contributed by atoms with Crippen LogP contribution in [0.4, 0.5) is 0 Å². The first-order valence-electron chi connectivity index (χ1n) is 10.3. The van der Waals surface area contributed by atoms with Gasteiger partial charge in [-0.1, -0.05) is 72.4 Å². The monoisotopic (exact) mass is 442 g/mol. The third-order valence-corrected chi connectivity index (χ3v) is 7.14. The molecule has 0 spiro atoms. The summed E-state index contributed by atoms with van der Waals surface area (Å²) in [7, 11) is 0. The van der Waals surface area contributed by atoms with E-state index in [9.17, 15) is 0 Å². The zero-order valence-electron chi connectivity index (χ0n) is 17.0. The van der Waals surface area contributed by atoms with Crippen molar-refractivity contribution in [3.05, 3.63) is 106 Å². The Labute approximate surface area is 190 Å². The quantitative estimate of drug-likeness (QED) is 0.276. The van der Waals surface area contributed by atoms with Crippen LogP contribution in [0.3, 0.4) is 0 Å². The molecule has 3 aromatic heterocycles. The molecule has 31 heavy (non-hydrogen) atoms. The van der Waals surface area contributed by atoms with Gasteiger partial charge in [-0.05, 0) is 35.1 Å². The molecule has 0 aliphatic heterocycles. The summed E-state index contributed by atoms with van der Waals surface area (Å²) in [4.78, 5) is 5.90. The van der Waals surface area contributed by atoms with E-state index in [1.165, 1.54) is 21.4 Å². The molecular weight excluding hydrogens is 420 g/mol. The third kappa shape index (κ3) is 4.70. The molecule has 0 atom stereocenters. The molecule has 0 unspecified atom stereocenters. The van der Waals surface area contributed by atoms with Crippen LogP contribution in [0.25, 0.3) is 10.9 Å². The highest BCUT2D eigenvalue weighted by Gasteiger charge is 2.15. The summed E-state index contributed by atoms with van der Waals surface area (Å²) < 4.78 is 2.29. The number of aryl methyl sites for hydroxylation is 1. The van der Waals surface area contributed by atoms with Crippen molar-refractivity contribution in [1.29, 1.82) is 0 Å². The molecule has 0 saturated heterocycles. The fraction of sp³-hybridized carbons (Fsp3) is 0.160. The van der Waals surface area contributed by atoms with Crippen LogP contribution >= 0.6 is 23.1 Å². The van der Waals surface area contributed by atoms with Crippen molar-refractivity contribution >= 4 is 34.0 Å². The molecule has 0 radical (unpaired) electrons. The van der Waals surface area contributed by atoms with Gasteiger partial charge in [-0.2, -0.15) is 0 Å². The Morgan fingerprint density at radius 2 is 1.77 bits per heavy atom. The van der Waals surface area contributed by atoms with Gasteiger partial charge < -0.3 is 4.57 Å². The van der Waals surface area contributed by atoms with Gasteiger partial charge in [0, 0.05) is 35.2 Å². The molecule has 0 saturated carbocycles. The number of aromatic nitrogens is 4. The minimum atomic E-state index is 0.815. The first-order valence-corrected chi connectivity index (χ1v) is 12.2. The molecule has 4 nitrogen and oxygen atoms in total. The maximum Gasteiger partial charge on any atom is 0.191 e. The first-order chi connectivity index (χ1) is 15.4. The number of para-hydroxylation sites is 1. The Hall–Kier alpha value is -2.96. The number of fused-ring (bicyclic) bond motifs is 1. The number of hydrogen-bond donors (Lipinski definition) is 0. The average molecular weight is 443 g/mol. The topological polar surface area (TPSA) is 43.6 Å². The predicted molar refractivity (Wildman–Crippen MR) is 129 cm³/mol. The van der Waals surface area contributed by atoms with Crippen molar-refractivity contribution in [3.8, 4) is 0 Å². The number of rotatable bonds is 8. The summed E-state index contributed by atoms with van der Waals surface area (Å²) >= 11 is 3.50. The third-order valence-electron chi connectivity index (χ3n) is 5.25. The summed E-state index contributed by atoms with van der Waals surface area (Å²) in [6, 6.07) is 25.3. The summed E-state index contributed by atoms with van der Waals surface area (Å²) in [5.74, 6) is 1.84. The second-order valence-corrected chi connectivity index (χ2v) is 9.30. The van der Waals surface area contributed by atoms with E-state index in [4.69, 9.17) is 0 Å². The van der Waals surface area contributed by atoms with E-state index in [2.05, 4.69) is 91.9 Å². The van der Waals surface area contributed by atoms with Gasteiger partial charge in [0.05, 0.1) is 5.52 Å². The number of thioether (sulfide) groups is 1. The van der Waals surface area contributed by atoms with E-state index in [1.807, 2.05) is 12.3 Å². The highest BCUT2D eigenvalue weighted by Crippen LogP contribution is 2.27.